The van der Waals surface area contributed by atoms with E-state index in [1.807, 2.05) is 30.3 Å². The van der Waals surface area contributed by atoms with Gasteiger partial charge in [0.05, 0.1) is 25.7 Å². The van der Waals surface area contributed by atoms with Gasteiger partial charge < -0.3 is 14.2 Å². The number of rotatable bonds is 8. The fraction of sp³-hybridized carbons (Fsp3) is 0.154. The zero-order valence-corrected chi connectivity index (χ0v) is 20.3. The lowest BCUT2D eigenvalue weighted by Gasteiger charge is -2.14. The van der Waals surface area contributed by atoms with Gasteiger partial charge in [0.2, 0.25) is 0 Å². The Kier molecular flexibility index (Phi) is 7.49. The molecule has 0 aromatic heterocycles. The van der Waals surface area contributed by atoms with Crippen LogP contribution in [-0.4, -0.2) is 29.3 Å². The van der Waals surface area contributed by atoms with Crippen molar-refractivity contribution in [3.63, 3.8) is 0 Å². The van der Waals surface area contributed by atoms with Gasteiger partial charge in [0.1, 0.15) is 22.5 Å². The lowest BCUT2D eigenvalue weighted by Crippen LogP contribution is -2.27. The number of thioether (sulfide) groups is 1. The topological polar surface area (TPSA) is 48.0 Å². The molecule has 8 heteroatoms. The summed E-state index contributed by atoms with van der Waals surface area (Å²) in [5, 5.41) is 0. The van der Waals surface area contributed by atoms with Gasteiger partial charge >= 0.3 is 0 Å². The van der Waals surface area contributed by atoms with Crippen LogP contribution in [0.4, 0.5) is 4.39 Å². The highest BCUT2D eigenvalue weighted by Crippen LogP contribution is 2.35. The zero-order chi connectivity index (χ0) is 24.1. The SMILES string of the molecule is COc1ccc(CN2C(=O)/C(=C/c3ccc(OCc4cccc(F)c4)c(OC)c3)SC2=S)cc1. The van der Waals surface area contributed by atoms with Crippen LogP contribution in [0, 0.1) is 5.82 Å². The minimum Gasteiger partial charge on any atom is -0.497 e. The Morgan fingerprint density at radius 1 is 0.971 bits per heavy atom. The maximum Gasteiger partial charge on any atom is 0.266 e. The molecule has 1 aliphatic rings. The molecule has 5 nitrogen and oxygen atoms in total. The number of nitrogens with zero attached hydrogens (tertiary/aromatic N) is 1. The molecule has 0 saturated carbocycles. The van der Waals surface area contributed by atoms with Crippen molar-refractivity contribution < 1.29 is 23.4 Å². The van der Waals surface area contributed by atoms with Crippen molar-refractivity contribution in [1.29, 1.82) is 0 Å². The number of thiocarbonyl (C=S) groups is 1. The molecule has 1 saturated heterocycles. The Labute approximate surface area is 207 Å². The summed E-state index contributed by atoms with van der Waals surface area (Å²) in [6.45, 7) is 0.597. The van der Waals surface area contributed by atoms with E-state index in [9.17, 15) is 9.18 Å². The molecule has 0 radical (unpaired) electrons. The van der Waals surface area contributed by atoms with Crippen LogP contribution in [0.25, 0.3) is 6.08 Å². The van der Waals surface area contributed by atoms with Gasteiger partial charge in [0.15, 0.2) is 11.5 Å². The second-order valence-corrected chi connectivity index (χ2v) is 9.12. The minimum absolute atomic E-state index is 0.142. The molecule has 0 atom stereocenters. The summed E-state index contributed by atoms with van der Waals surface area (Å²) in [5.41, 5.74) is 2.45. The number of hydrogen-bond donors (Lipinski definition) is 0. The number of amides is 1. The number of halogens is 1. The first kappa shape index (κ1) is 23.8. The number of carbonyl (C=O) groups excluding carboxylic acids is 1. The highest BCUT2D eigenvalue weighted by atomic mass is 32.2. The maximum atomic E-state index is 13.4. The molecule has 3 aromatic carbocycles. The largest absolute Gasteiger partial charge is 0.497 e. The highest BCUT2D eigenvalue weighted by molar-refractivity contribution is 8.26. The Morgan fingerprint density at radius 3 is 2.47 bits per heavy atom. The Morgan fingerprint density at radius 2 is 1.76 bits per heavy atom. The van der Waals surface area contributed by atoms with Crippen LogP contribution in [-0.2, 0) is 17.9 Å². The average molecular weight is 496 g/mol. The van der Waals surface area contributed by atoms with E-state index in [4.69, 9.17) is 26.4 Å². The summed E-state index contributed by atoms with van der Waals surface area (Å²) in [7, 11) is 3.16. The number of benzene rings is 3. The van der Waals surface area contributed by atoms with Gasteiger partial charge in [0.25, 0.3) is 5.91 Å². The summed E-state index contributed by atoms with van der Waals surface area (Å²) in [6, 6.07) is 19.2. The van der Waals surface area contributed by atoms with Crippen molar-refractivity contribution in [2.45, 2.75) is 13.2 Å². The Bertz CT molecular complexity index is 1240. The number of hydrogen-bond acceptors (Lipinski definition) is 6. The molecule has 3 aromatic rings. The third-order valence-electron chi connectivity index (χ3n) is 5.14. The summed E-state index contributed by atoms with van der Waals surface area (Å²) >= 11 is 6.72. The van der Waals surface area contributed by atoms with Gasteiger partial charge in [0, 0.05) is 0 Å². The average Bonchev–Trinajstić information content (AvgIpc) is 3.11. The van der Waals surface area contributed by atoms with Crippen LogP contribution >= 0.6 is 24.0 Å². The van der Waals surface area contributed by atoms with Gasteiger partial charge in [-0.2, -0.15) is 0 Å². The molecule has 0 N–H and O–H groups in total. The van der Waals surface area contributed by atoms with Crippen molar-refractivity contribution in [3.05, 3.63) is 94.1 Å². The van der Waals surface area contributed by atoms with E-state index in [1.54, 1.807) is 49.5 Å². The molecule has 0 aliphatic carbocycles. The zero-order valence-electron chi connectivity index (χ0n) is 18.6. The Balaban J connectivity index is 1.47. The molecule has 174 valence electrons. The third kappa shape index (κ3) is 5.58. The van der Waals surface area contributed by atoms with Crippen molar-refractivity contribution in [3.8, 4) is 17.2 Å². The fourth-order valence-corrected chi connectivity index (χ4v) is 4.64. The monoisotopic (exact) mass is 495 g/mol. The third-order valence-corrected chi connectivity index (χ3v) is 6.52. The van der Waals surface area contributed by atoms with Gasteiger partial charge in [-0.05, 0) is 59.2 Å². The van der Waals surface area contributed by atoms with E-state index in [0.717, 1.165) is 16.9 Å². The predicted molar refractivity (Wildman–Crippen MR) is 135 cm³/mol. The van der Waals surface area contributed by atoms with Crippen LogP contribution in [0.15, 0.2) is 71.6 Å². The van der Waals surface area contributed by atoms with Crippen molar-refractivity contribution >= 4 is 40.3 Å². The molecule has 1 fully saturated rings. The minimum atomic E-state index is -0.312. The molecule has 0 spiro atoms. The normalized spacial score (nSPS) is 14.6. The van der Waals surface area contributed by atoms with Gasteiger partial charge in [-0.1, -0.05) is 54.3 Å². The first-order chi connectivity index (χ1) is 16.5. The van der Waals surface area contributed by atoms with Crippen molar-refractivity contribution in [1.82, 2.24) is 4.90 Å². The fourth-order valence-electron chi connectivity index (χ4n) is 3.38. The van der Waals surface area contributed by atoms with E-state index in [1.165, 1.54) is 23.9 Å². The predicted octanol–water partition coefficient (Wildman–Crippen LogP) is 5.82. The van der Waals surface area contributed by atoms with Crippen LogP contribution in [0.2, 0.25) is 0 Å². The number of methoxy groups -OCH3 is 2. The van der Waals surface area contributed by atoms with E-state index < -0.39 is 0 Å². The van der Waals surface area contributed by atoms with E-state index in [-0.39, 0.29) is 18.3 Å². The van der Waals surface area contributed by atoms with Crippen LogP contribution in [0.5, 0.6) is 17.2 Å². The maximum absolute atomic E-state index is 13.4. The summed E-state index contributed by atoms with van der Waals surface area (Å²) in [4.78, 5) is 15.1. The molecule has 1 amide bonds. The van der Waals surface area contributed by atoms with Crippen LogP contribution in [0.3, 0.4) is 0 Å². The Hall–Kier alpha value is -3.36. The van der Waals surface area contributed by atoms with Gasteiger partial charge in [-0.15, -0.1) is 0 Å². The van der Waals surface area contributed by atoms with Crippen LogP contribution in [0.1, 0.15) is 16.7 Å². The quantitative estimate of drug-likeness (QED) is 0.290. The lowest BCUT2D eigenvalue weighted by molar-refractivity contribution is -0.122. The van der Waals surface area contributed by atoms with Crippen LogP contribution < -0.4 is 14.2 Å². The number of carbonyl (C=O) groups is 1. The van der Waals surface area contributed by atoms with Gasteiger partial charge in [-0.25, -0.2) is 4.39 Å². The van der Waals surface area contributed by atoms with E-state index >= 15 is 0 Å². The smallest absolute Gasteiger partial charge is 0.266 e. The molecular formula is C26H22FNO4S2. The van der Waals surface area contributed by atoms with Crippen molar-refractivity contribution in [2.24, 2.45) is 0 Å². The molecule has 0 unspecified atom stereocenters. The standard InChI is InChI=1S/C26H22FNO4S2/c1-30-21-9-6-17(7-10-21)15-28-25(29)24(34-26(28)33)14-18-8-11-22(23(13-18)31-2)32-16-19-4-3-5-20(27)12-19/h3-14H,15-16H2,1-2H3/b24-14-. The summed E-state index contributed by atoms with van der Waals surface area (Å²) < 4.78 is 30.4. The second kappa shape index (κ2) is 10.7. The lowest BCUT2D eigenvalue weighted by atomic mass is 10.1. The molecule has 4 rings (SSSR count). The van der Waals surface area contributed by atoms with Crippen molar-refractivity contribution in [2.75, 3.05) is 14.2 Å². The first-order valence-electron chi connectivity index (χ1n) is 10.4. The summed E-state index contributed by atoms with van der Waals surface area (Å²) in [6.07, 6.45) is 1.78. The molecular weight excluding hydrogens is 473 g/mol. The molecule has 1 aliphatic heterocycles. The highest BCUT2D eigenvalue weighted by Gasteiger charge is 2.32. The molecule has 0 bridgehead atoms. The number of ether oxygens (including phenoxy) is 3. The second-order valence-electron chi connectivity index (χ2n) is 7.44. The van der Waals surface area contributed by atoms with Gasteiger partial charge in [-0.3, -0.25) is 9.69 Å². The first-order valence-corrected chi connectivity index (χ1v) is 11.6. The van der Waals surface area contributed by atoms with E-state index in [2.05, 4.69) is 0 Å². The summed E-state index contributed by atoms with van der Waals surface area (Å²) in [5.74, 6) is 1.34. The molecule has 34 heavy (non-hydrogen) atoms. The van der Waals surface area contributed by atoms with E-state index in [0.29, 0.717) is 32.8 Å². The molecule has 1 heterocycles.